The van der Waals surface area contributed by atoms with Gasteiger partial charge < -0.3 is 10.6 Å². The number of thioether (sulfide) groups is 1. The van der Waals surface area contributed by atoms with Crippen LogP contribution in [0.2, 0.25) is 0 Å². The summed E-state index contributed by atoms with van der Waals surface area (Å²) >= 11 is 1.69. The predicted octanol–water partition coefficient (Wildman–Crippen LogP) is -0.534. The van der Waals surface area contributed by atoms with E-state index in [1.807, 2.05) is 0 Å². The number of hydrogen-bond donors (Lipinski definition) is 3. The number of amides is 2. The highest BCUT2D eigenvalue weighted by atomic mass is 35.5. The van der Waals surface area contributed by atoms with Gasteiger partial charge in [0, 0.05) is 17.7 Å². The molecule has 7 heteroatoms. The molecule has 0 aromatic heterocycles. The highest BCUT2D eigenvalue weighted by Gasteiger charge is 2.25. The molecule has 0 radical (unpaired) electrons. The van der Waals surface area contributed by atoms with Gasteiger partial charge in [-0.1, -0.05) is 0 Å². The van der Waals surface area contributed by atoms with Gasteiger partial charge in [-0.05, 0) is 12.8 Å². The summed E-state index contributed by atoms with van der Waals surface area (Å²) in [6, 6.07) is 0.221. The first-order valence-electron chi connectivity index (χ1n) is 5.14. The Morgan fingerprint density at radius 3 is 2.69 bits per heavy atom. The maximum Gasteiger partial charge on any atom is 0.239 e. The molecular formula is C9H16ClN3O2S. The lowest BCUT2D eigenvalue weighted by molar-refractivity contribution is -0.126. The van der Waals surface area contributed by atoms with Gasteiger partial charge in [0.2, 0.25) is 11.8 Å². The molecule has 1 saturated carbocycles. The molecule has 0 aromatic rings. The van der Waals surface area contributed by atoms with Crippen LogP contribution in [-0.2, 0) is 9.59 Å². The summed E-state index contributed by atoms with van der Waals surface area (Å²) in [4.78, 5) is 22.7. The van der Waals surface area contributed by atoms with Gasteiger partial charge >= 0.3 is 0 Å². The third kappa shape index (κ3) is 4.19. The van der Waals surface area contributed by atoms with Gasteiger partial charge in [-0.25, -0.2) is 0 Å². The SMILES string of the molecule is Cl.O=C(CNC(=O)C1CSCN1)NC1CC1. The van der Waals surface area contributed by atoms with Gasteiger partial charge in [0.25, 0.3) is 0 Å². The first-order valence-corrected chi connectivity index (χ1v) is 6.29. The van der Waals surface area contributed by atoms with E-state index in [1.54, 1.807) is 11.8 Å². The van der Waals surface area contributed by atoms with Crippen LogP contribution in [0.5, 0.6) is 0 Å². The first-order chi connectivity index (χ1) is 7.25. The van der Waals surface area contributed by atoms with E-state index in [0.29, 0.717) is 6.04 Å². The summed E-state index contributed by atoms with van der Waals surface area (Å²) < 4.78 is 0. The van der Waals surface area contributed by atoms with Crippen molar-refractivity contribution < 1.29 is 9.59 Å². The van der Waals surface area contributed by atoms with Crippen molar-refractivity contribution in [2.24, 2.45) is 0 Å². The lowest BCUT2D eigenvalue weighted by Crippen LogP contribution is -2.46. The lowest BCUT2D eigenvalue weighted by Gasteiger charge is -2.10. The molecule has 1 aliphatic carbocycles. The van der Waals surface area contributed by atoms with Gasteiger partial charge in [-0.2, -0.15) is 0 Å². The third-order valence-electron chi connectivity index (χ3n) is 2.40. The van der Waals surface area contributed by atoms with E-state index in [1.165, 1.54) is 0 Å². The van der Waals surface area contributed by atoms with Crippen molar-refractivity contribution >= 4 is 36.0 Å². The molecule has 0 aromatic carbocycles. The van der Waals surface area contributed by atoms with Crippen molar-refractivity contribution in [1.29, 1.82) is 0 Å². The minimum atomic E-state index is -0.135. The summed E-state index contributed by atoms with van der Waals surface area (Å²) in [5, 5.41) is 8.50. The Kier molecular flexibility index (Phi) is 5.37. The van der Waals surface area contributed by atoms with Crippen molar-refractivity contribution in [2.75, 3.05) is 18.2 Å². The number of carbonyl (C=O) groups excluding carboxylic acids is 2. The number of halogens is 1. The Morgan fingerprint density at radius 1 is 1.38 bits per heavy atom. The molecule has 1 unspecified atom stereocenters. The lowest BCUT2D eigenvalue weighted by atomic mass is 10.3. The molecule has 1 aliphatic heterocycles. The van der Waals surface area contributed by atoms with E-state index in [4.69, 9.17) is 0 Å². The van der Waals surface area contributed by atoms with Crippen molar-refractivity contribution in [3.63, 3.8) is 0 Å². The maximum atomic E-state index is 11.5. The summed E-state index contributed by atoms with van der Waals surface area (Å²) in [5.74, 6) is 1.44. The Bertz CT molecular complexity index is 267. The predicted molar refractivity (Wildman–Crippen MR) is 65.7 cm³/mol. The van der Waals surface area contributed by atoms with E-state index in [-0.39, 0.29) is 36.8 Å². The molecule has 2 amide bonds. The fraction of sp³-hybridized carbons (Fsp3) is 0.778. The molecule has 2 rings (SSSR count). The second kappa shape index (κ2) is 6.32. The number of rotatable bonds is 4. The Balaban J connectivity index is 0.00000128. The van der Waals surface area contributed by atoms with Crippen LogP contribution in [0.4, 0.5) is 0 Å². The Labute approximate surface area is 105 Å². The highest BCUT2D eigenvalue weighted by Crippen LogP contribution is 2.18. The van der Waals surface area contributed by atoms with Gasteiger partial charge in [-0.3, -0.25) is 14.9 Å². The molecule has 5 nitrogen and oxygen atoms in total. The van der Waals surface area contributed by atoms with Crippen molar-refractivity contribution in [2.45, 2.75) is 24.9 Å². The van der Waals surface area contributed by atoms with Crippen LogP contribution in [0.15, 0.2) is 0 Å². The maximum absolute atomic E-state index is 11.5. The summed E-state index contributed by atoms with van der Waals surface area (Å²) in [5.41, 5.74) is 0. The highest BCUT2D eigenvalue weighted by molar-refractivity contribution is 7.99. The average Bonchev–Trinajstić information content (AvgIpc) is 2.86. The standard InChI is InChI=1S/C9H15N3O2S.ClH/c13-8(12-6-1-2-6)3-10-9(14)7-4-15-5-11-7;/h6-7,11H,1-5H2,(H,10,14)(H,12,13);1H. The molecule has 1 heterocycles. The zero-order chi connectivity index (χ0) is 10.7. The van der Waals surface area contributed by atoms with Crippen LogP contribution in [0, 0.1) is 0 Å². The number of carbonyl (C=O) groups is 2. The van der Waals surface area contributed by atoms with E-state index in [0.717, 1.165) is 24.5 Å². The molecule has 16 heavy (non-hydrogen) atoms. The zero-order valence-corrected chi connectivity index (χ0v) is 10.5. The second-order valence-corrected chi connectivity index (χ2v) is 4.86. The van der Waals surface area contributed by atoms with Crippen LogP contribution in [-0.4, -0.2) is 42.1 Å². The molecule has 0 bridgehead atoms. The smallest absolute Gasteiger partial charge is 0.239 e. The van der Waals surface area contributed by atoms with Gasteiger partial charge in [0.15, 0.2) is 0 Å². The molecule has 3 N–H and O–H groups in total. The fourth-order valence-corrected chi connectivity index (χ4v) is 2.30. The first kappa shape index (κ1) is 13.6. The van der Waals surface area contributed by atoms with E-state index < -0.39 is 0 Å². The Morgan fingerprint density at radius 2 is 2.12 bits per heavy atom. The van der Waals surface area contributed by atoms with E-state index in [2.05, 4.69) is 16.0 Å². The molecular weight excluding hydrogens is 250 g/mol. The normalized spacial score (nSPS) is 23.4. The Hall–Kier alpha value is -0.460. The minimum Gasteiger partial charge on any atom is -0.352 e. The van der Waals surface area contributed by atoms with Crippen molar-refractivity contribution in [3.8, 4) is 0 Å². The van der Waals surface area contributed by atoms with E-state index in [9.17, 15) is 9.59 Å². The molecule has 92 valence electrons. The van der Waals surface area contributed by atoms with Crippen LogP contribution < -0.4 is 16.0 Å². The fourth-order valence-electron chi connectivity index (χ4n) is 1.36. The second-order valence-electron chi connectivity index (χ2n) is 3.83. The molecule has 1 atom stereocenters. The van der Waals surface area contributed by atoms with Gasteiger partial charge in [-0.15, -0.1) is 24.2 Å². The van der Waals surface area contributed by atoms with Gasteiger partial charge in [0.1, 0.15) is 0 Å². The third-order valence-corrected chi connectivity index (χ3v) is 3.34. The molecule has 1 saturated heterocycles. The number of hydrogen-bond acceptors (Lipinski definition) is 4. The summed E-state index contributed by atoms with van der Waals surface area (Å²) in [7, 11) is 0. The quantitative estimate of drug-likeness (QED) is 0.639. The van der Waals surface area contributed by atoms with Crippen LogP contribution in [0.3, 0.4) is 0 Å². The van der Waals surface area contributed by atoms with Crippen molar-refractivity contribution in [1.82, 2.24) is 16.0 Å². The summed E-state index contributed by atoms with van der Waals surface area (Å²) in [6.45, 7) is 0.0954. The van der Waals surface area contributed by atoms with E-state index >= 15 is 0 Å². The zero-order valence-electron chi connectivity index (χ0n) is 8.82. The molecule has 2 fully saturated rings. The number of nitrogens with one attached hydrogen (secondary N) is 3. The van der Waals surface area contributed by atoms with Crippen LogP contribution in [0.25, 0.3) is 0 Å². The largest absolute Gasteiger partial charge is 0.352 e. The average molecular weight is 266 g/mol. The topological polar surface area (TPSA) is 70.2 Å². The monoisotopic (exact) mass is 265 g/mol. The molecule has 0 spiro atoms. The summed E-state index contributed by atoms with van der Waals surface area (Å²) in [6.07, 6.45) is 2.14. The minimum absolute atomic E-state index is 0. The van der Waals surface area contributed by atoms with Crippen LogP contribution >= 0.6 is 24.2 Å². The van der Waals surface area contributed by atoms with Crippen molar-refractivity contribution in [3.05, 3.63) is 0 Å². The van der Waals surface area contributed by atoms with Gasteiger partial charge in [0.05, 0.1) is 12.6 Å². The van der Waals surface area contributed by atoms with Crippen LogP contribution in [0.1, 0.15) is 12.8 Å². The molecule has 2 aliphatic rings.